The lowest BCUT2D eigenvalue weighted by atomic mass is 10.2. The highest BCUT2D eigenvalue weighted by Gasteiger charge is 2.29. The molecule has 0 aliphatic heterocycles. The molecule has 0 aliphatic carbocycles. The third-order valence-corrected chi connectivity index (χ3v) is 2.15. The fraction of sp³-hybridized carbons (Fsp3) is 0.111. The Bertz CT molecular complexity index is 505. The van der Waals surface area contributed by atoms with E-state index in [1.54, 1.807) is 0 Å². The maximum absolute atomic E-state index is 12.2. The standard InChI is InChI=1S/C9H7F4NO2S/c10-9(11,12)7-1-3-8(4-2-7)14-5-6-17(13,15)16/h1-6,14H. The first kappa shape index (κ1) is 13.5. The quantitative estimate of drug-likeness (QED) is 0.678. The van der Waals surface area contributed by atoms with Crippen LogP contribution in [0.2, 0.25) is 0 Å². The smallest absolute Gasteiger partial charge is 0.361 e. The first-order valence-corrected chi connectivity index (χ1v) is 5.68. The zero-order chi connectivity index (χ0) is 13.1. The second kappa shape index (κ2) is 4.74. The molecule has 0 saturated heterocycles. The van der Waals surface area contributed by atoms with Crippen molar-refractivity contribution in [2.45, 2.75) is 6.18 Å². The summed E-state index contributed by atoms with van der Waals surface area (Å²) in [5.41, 5.74) is -0.622. The summed E-state index contributed by atoms with van der Waals surface area (Å²) in [5.74, 6) is 0. The van der Waals surface area contributed by atoms with Crippen molar-refractivity contribution in [2.24, 2.45) is 0 Å². The summed E-state index contributed by atoms with van der Waals surface area (Å²) in [4.78, 5) is 0. The lowest BCUT2D eigenvalue weighted by Gasteiger charge is -2.07. The highest BCUT2D eigenvalue weighted by molar-refractivity contribution is 7.89. The Morgan fingerprint density at radius 3 is 2.06 bits per heavy atom. The second-order valence-electron chi connectivity index (χ2n) is 3.00. The molecule has 0 heterocycles. The van der Waals surface area contributed by atoms with Gasteiger partial charge in [-0.1, -0.05) is 0 Å². The Morgan fingerprint density at radius 2 is 1.65 bits per heavy atom. The average molecular weight is 269 g/mol. The van der Waals surface area contributed by atoms with Gasteiger partial charge in [-0.25, -0.2) is 0 Å². The molecule has 1 aromatic carbocycles. The largest absolute Gasteiger partial charge is 0.416 e. The van der Waals surface area contributed by atoms with Gasteiger partial charge in [0.2, 0.25) is 0 Å². The fourth-order valence-corrected chi connectivity index (χ4v) is 1.20. The van der Waals surface area contributed by atoms with Crippen molar-refractivity contribution in [1.29, 1.82) is 0 Å². The molecule has 0 saturated carbocycles. The van der Waals surface area contributed by atoms with Crippen LogP contribution in [0, 0.1) is 0 Å². The Morgan fingerprint density at radius 1 is 1.12 bits per heavy atom. The number of anilines is 1. The number of hydrogen-bond acceptors (Lipinski definition) is 3. The summed E-state index contributed by atoms with van der Waals surface area (Å²) in [6.45, 7) is 0. The van der Waals surface area contributed by atoms with E-state index in [2.05, 4.69) is 5.32 Å². The van der Waals surface area contributed by atoms with E-state index in [1.807, 2.05) is 0 Å². The molecule has 1 N–H and O–H groups in total. The van der Waals surface area contributed by atoms with Crippen molar-refractivity contribution in [1.82, 2.24) is 0 Å². The molecule has 1 rings (SSSR count). The number of alkyl halides is 3. The Balaban J connectivity index is 2.73. The van der Waals surface area contributed by atoms with E-state index in [9.17, 15) is 25.5 Å². The molecule has 3 nitrogen and oxygen atoms in total. The van der Waals surface area contributed by atoms with Crippen molar-refractivity contribution in [3.05, 3.63) is 41.4 Å². The maximum Gasteiger partial charge on any atom is 0.416 e. The van der Waals surface area contributed by atoms with Gasteiger partial charge in [-0.2, -0.15) is 21.6 Å². The van der Waals surface area contributed by atoms with Crippen LogP contribution in [-0.4, -0.2) is 8.42 Å². The number of halogens is 4. The van der Waals surface area contributed by atoms with Gasteiger partial charge in [0.05, 0.1) is 11.0 Å². The molecule has 0 unspecified atom stereocenters. The molecule has 0 atom stereocenters. The molecule has 1 aromatic rings. The molecule has 0 aromatic heterocycles. The van der Waals surface area contributed by atoms with Crippen molar-refractivity contribution < 1.29 is 25.5 Å². The molecule has 0 aliphatic rings. The Kier molecular flexibility index (Phi) is 3.76. The lowest BCUT2D eigenvalue weighted by molar-refractivity contribution is -0.137. The lowest BCUT2D eigenvalue weighted by Crippen LogP contribution is -2.04. The normalized spacial score (nSPS) is 12.9. The van der Waals surface area contributed by atoms with E-state index in [0.29, 0.717) is 0 Å². The van der Waals surface area contributed by atoms with Crippen LogP contribution in [0.1, 0.15) is 5.56 Å². The molecule has 0 radical (unpaired) electrons. The van der Waals surface area contributed by atoms with E-state index >= 15 is 0 Å². The van der Waals surface area contributed by atoms with Gasteiger partial charge >= 0.3 is 16.4 Å². The van der Waals surface area contributed by atoms with E-state index < -0.39 is 22.0 Å². The fourth-order valence-electron chi connectivity index (χ4n) is 0.967. The predicted molar refractivity (Wildman–Crippen MR) is 54.2 cm³/mol. The van der Waals surface area contributed by atoms with Gasteiger partial charge in [-0.3, -0.25) is 0 Å². The molecule has 0 spiro atoms. The molecule has 0 amide bonds. The minimum Gasteiger partial charge on any atom is -0.361 e. The van der Waals surface area contributed by atoms with Crippen LogP contribution in [0.5, 0.6) is 0 Å². The van der Waals surface area contributed by atoms with E-state index in [0.717, 1.165) is 30.5 Å². The number of rotatable bonds is 3. The molecule has 0 bridgehead atoms. The van der Waals surface area contributed by atoms with Crippen LogP contribution in [0.3, 0.4) is 0 Å². The molecule has 0 fully saturated rings. The minimum atomic E-state index is -4.75. The van der Waals surface area contributed by atoms with E-state index in [4.69, 9.17) is 0 Å². The SMILES string of the molecule is O=S(=O)(F)C=CNc1ccc(C(F)(F)F)cc1. The molecule has 8 heteroatoms. The molecule has 94 valence electrons. The van der Waals surface area contributed by atoms with Crippen LogP contribution in [0.15, 0.2) is 35.9 Å². The zero-order valence-corrected chi connectivity index (χ0v) is 9.02. The van der Waals surface area contributed by atoms with Crippen molar-refractivity contribution in [3.8, 4) is 0 Å². The van der Waals surface area contributed by atoms with Crippen LogP contribution in [-0.2, 0) is 16.4 Å². The van der Waals surface area contributed by atoms with Gasteiger partial charge in [0.1, 0.15) is 0 Å². The third-order valence-electron chi connectivity index (χ3n) is 1.69. The van der Waals surface area contributed by atoms with Gasteiger partial charge < -0.3 is 5.32 Å². The summed E-state index contributed by atoms with van der Waals surface area (Å²) in [6, 6.07) is 3.83. The van der Waals surface area contributed by atoms with Gasteiger partial charge in [0, 0.05) is 11.9 Å². The summed E-state index contributed by atoms with van der Waals surface area (Å²) >= 11 is 0. The second-order valence-corrected chi connectivity index (χ2v) is 4.22. The predicted octanol–water partition coefficient (Wildman–Crippen LogP) is 2.89. The highest BCUT2D eigenvalue weighted by atomic mass is 32.3. The van der Waals surface area contributed by atoms with Crippen molar-refractivity contribution in [2.75, 3.05) is 5.32 Å². The maximum atomic E-state index is 12.2. The summed E-state index contributed by atoms with van der Waals surface area (Å²) in [5, 5.41) is 2.57. The Labute approximate surface area is 95.0 Å². The van der Waals surface area contributed by atoms with Crippen LogP contribution in [0.4, 0.5) is 22.7 Å². The topological polar surface area (TPSA) is 46.2 Å². The van der Waals surface area contributed by atoms with Crippen LogP contribution in [0.25, 0.3) is 0 Å². The van der Waals surface area contributed by atoms with Gasteiger partial charge in [-0.05, 0) is 24.3 Å². The number of benzene rings is 1. The summed E-state index contributed by atoms with van der Waals surface area (Å²) < 4.78 is 68.6. The monoisotopic (exact) mass is 269 g/mol. The highest BCUT2D eigenvalue weighted by Crippen LogP contribution is 2.29. The average Bonchev–Trinajstić information content (AvgIpc) is 2.15. The first-order valence-electron chi connectivity index (χ1n) is 4.23. The van der Waals surface area contributed by atoms with Gasteiger partial charge in [0.15, 0.2) is 0 Å². The molecular weight excluding hydrogens is 262 g/mol. The van der Waals surface area contributed by atoms with Crippen molar-refractivity contribution >= 4 is 15.9 Å². The summed E-state index contributed by atoms with van der Waals surface area (Å²) in [6.07, 6.45) is -3.66. The number of hydrogen-bond donors (Lipinski definition) is 1. The zero-order valence-electron chi connectivity index (χ0n) is 8.20. The minimum absolute atomic E-state index is 0.206. The molecular formula is C9H7F4NO2S. The van der Waals surface area contributed by atoms with E-state index in [-0.39, 0.29) is 11.1 Å². The first-order chi connectivity index (χ1) is 7.68. The van der Waals surface area contributed by atoms with Crippen LogP contribution >= 0.6 is 0 Å². The third kappa shape index (κ3) is 4.85. The summed E-state index contributed by atoms with van der Waals surface area (Å²) in [7, 11) is -4.75. The van der Waals surface area contributed by atoms with E-state index in [1.165, 1.54) is 0 Å². The van der Waals surface area contributed by atoms with Gasteiger partial charge in [0.25, 0.3) is 0 Å². The Hall–Kier alpha value is -1.57. The van der Waals surface area contributed by atoms with Crippen molar-refractivity contribution in [3.63, 3.8) is 0 Å². The van der Waals surface area contributed by atoms with Crippen LogP contribution < -0.4 is 5.32 Å². The molecule has 17 heavy (non-hydrogen) atoms. The number of nitrogens with one attached hydrogen (secondary N) is 1. The van der Waals surface area contributed by atoms with Gasteiger partial charge in [-0.15, -0.1) is 3.89 Å².